The first kappa shape index (κ1) is 6.52. The minimum Gasteiger partial charge on any atom is -0.379 e. The van der Waals surface area contributed by atoms with E-state index in [0.717, 1.165) is 0 Å². The van der Waals surface area contributed by atoms with Crippen molar-refractivity contribution in [3.05, 3.63) is 4.91 Å². The second-order valence-corrected chi connectivity index (χ2v) is 1.21. The van der Waals surface area contributed by atoms with Gasteiger partial charge in [0.15, 0.2) is 0 Å². The minimum absolute atomic E-state index is 0.0949. The van der Waals surface area contributed by atoms with E-state index in [1.165, 1.54) is 0 Å². The van der Waals surface area contributed by atoms with Crippen molar-refractivity contribution in [3.63, 3.8) is 0 Å². The molecule has 0 bridgehead atoms. The molecule has 0 rings (SSSR count). The van der Waals surface area contributed by atoms with E-state index >= 15 is 0 Å². The van der Waals surface area contributed by atoms with Crippen molar-refractivity contribution in [3.8, 4) is 0 Å². The zero-order valence-electron chi connectivity index (χ0n) is 3.87. The summed E-state index contributed by atoms with van der Waals surface area (Å²) in [5, 5.41) is 10.7. The summed E-state index contributed by atoms with van der Waals surface area (Å²) >= 11 is 0. The molecule has 1 unspecified atom stereocenters. The molecule has 0 aromatic heterocycles. The Labute approximate surface area is 41.3 Å². The molecule has 0 saturated carbocycles. The largest absolute Gasteiger partial charge is 0.379 e. The minimum atomic E-state index is -0.891. The molecule has 0 aromatic rings. The van der Waals surface area contributed by atoms with E-state index in [4.69, 9.17) is 10.8 Å². The molecular weight excluding hydrogens is 96.0 g/mol. The molecule has 1 atom stereocenters. The van der Waals surface area contributed by atoms with Gasteiger partial charge in [0.2, 0.25) is 0 Å². The molecule has 3 N–H and O–H groups in total. The Hall–Kier alpha value is -0.480. The first-order valence-electron chi connectivity index (χ1n) is 2.00. The highest BCUT2D eigenvalue weighted by Crippen LogP contribution is 1.80. The molecule has 0 saturated heterocycles. The van der Waals surface area contributed by atoms with Crippen LogP contribution in [-0.2, 0) is 0 Å². The second-order valence-electron chi connectivity index (χ2n) is 1.21. The maximum atomic E-state index is 9.29. The van der Waals surface area contributed by atoms with Crippen molar-refractivity contribution in [1.82, 2.24) is 0 Å². The van der Waals surface area contributed by atoms with Crippen LogP contribution >= 0.6 is 0 Å². The number of rotatable bonds is 3. The van der Waals surface area contributed by atoms with Gasteiger partial charge in [0, 0.05) is 6.42 Å². The predicted octanol–water partition coefficient (Wildman–Crippen LogP) is -0.580. The standard InChI is InChI=1S/C3H8N2O2/c4-3(6)1-2-5-7/h3,6H,1-2,4H2. The van der Waals surface area contributed by atoms with Gasteiger partial charge in [-0.3, -0.25) is 0 Å². The molecule has 0 radical (unpaired) electrons. The Morgan fingerprint density at radius 1 is 1.86 bits per heavy atom. The molecule has 0 amide bonds. The van der Waals surface area contributed by atoms with Gasteiger partial charge in [-0.25, -0.2) is 0 Å². The summed E-state index contributed by atoms with van der Waals surface area (Å²) in [6, 6.07) is 0. The maximum Gasteiger partial charge on any atom is 0.104 e. The summed E-state index contributed by atoms with van der Waals surface area (Å²) in [6.07, 6.45) is -0.638. The van der Waals surface area contributed by atoms with Crippen LogP contribution < -0.4 is 5.73 Å². The van der Waals surface area contributed by atoms with Crippen molar-refractivity contribution in [1.29, 1.82) is 0 Å². The summed E-state index contributed by atoms with van der Waals surface area (Å²) in [6.45, 7) is 0.0949. The van der Waals surface area contributed by atoms with Gasteiger partial charge in [0.05, 0.1) is 6.54 Å². The van der Waals surface area contributed by atoms with Crippen LogP contribution in [-0.4, -0.2) is 17.9 Å². The fraction of sp³-hybridized carbons (Fsp3) is 1.00. The Bertz CT molecular complexity index is 54.9. The number of nitroso groups, excluding NO2 is 1. The summed E-state index contributed by atoms with van der Waals surface area (Å²) < 4.78 is 0. The van der Waals surface area contributed by atoms with Crippen LogP contribution in [0.2, 0.25) is 0 Å². The highest BCUT2D eigenvalue weighted by atomic mass is 16.3. The molecule has 0 fully saturated rings. The van der Waals surface area contributed by atoms with E-state index in [9.17, 15) is 4.91 Å². The van der Waals surface area contributed by atoms with E-state index in [2.05, 4.69) is 5.18 Å². The normalized spacial score (nSPS) is 13.4. The third kappa shape index (κ3) is 5.52. The average Bonchev–Trinajstić information content (AvgIpc) is 1.61. The molecule has 0 heterocycles. The van der Waals surface area contributed by atoms with Gasteiger partial charge in [0.25, 0.3) is 0 Å². The van der Waals surface area contributed by atoms with Gasteiger partial charge in [0.1, 0.15) is 6.23 Å². The molecule has 4 nitrogen and oxygen atoms in total. The summed E-state index contributed by atoms with van der Waals surface area (Å²) in [5.41, 5.74) is 4.84. The van der Waals surface area contributed by atoms with Gasteiger partial charge >= 0.3 is 0 Å². The smallest absolute Gasteiger partial charge is 0.104 e. The Balaban J connectivity index is 2.81. The lowest BCUT2D eigenvalue weighted by Gasteiger charge is -1.95. The van der Waals surface area contributed by atoms with Crippen LogP contribution in [0.4, 0.5) is 0 Å². The number of hydrogen-bond donors (Lipinski definition) is 2. The number of hydrogen-bond acceptors (Lipinski definition) is 4. The van der Waals surface area contributed by atoms with Gasteiger partial charge in [-0.1, -0.05) is 5.18 Å². The fourth-order valence-electron chi connectivity index (χ4n) is 0.185. The molecular formula is C3H8N2O2. The number of aliphatic hydroxyl groups excluding tert-OH is 1. The van der Waals surface area contributed by atoms with E-state index < -0.39 is 6.23 Å². The molecule has 4 heteroatoms. The Kier molecular flexibility index (Phi) is 3.45. The fourth-order valence-corrected chi connectivity index (χ4v) is 0.185. The monoisotopic (exact) mass is 104 g/mol. The molecule has 0 aromatic carbocycles. The molecule has 0 aliphatic heterocycles. The van der Waals surface area contributed by atoms with Gasteiger partial charge in [-0.15, -0.1) is 0 Å². The number of aliphatic hydroxyl groups is 1. The summed E-state index contributed by atoms with van der Waals surface area (Å²) in [4.78, 5) is 9.29. The van der Waals surface area contributed by atoms with Crippen molar-refractivity contribution < 1.29 is 5.11 Å². The molecule has 42 valence electrons. The van der Waals surface area contributed by atoms with E-state index in [-0.39, 0.29) is 13.0 Å². The van der Waals surface area contributed by atoms with Crippen LogP contribution in [0, 0.1) is 4.91 Å². The van der Waals surface area contributed by atoms with Crippen molar-refractivity contribution in [2.24, 2.45) is 10.9 Å². The van der Waals surface area contributed by atoms with E-state index in [0.29, 0.717) is 0 Å². The molecule has 0 aliphatic carbocycles. The van der Waals surface area contributed by atoms with Gasteiger partial charge < -0.3 is 10.8 Å². The van der Waals surface area contributed by atoms with Crippen molar-refractivity contribution in [2.45, 2.75) is 12.6 Å². The van der Waals surface area contributed by atoms with E-state index in [1.807, 2.05) is 0 Å². The number of nitrogens with two attached hydrogens (primary N) is 1. The molecule has 7 heavy (non-hydrogen) atoms. The van der Waals surface area contributed by atoms with Crippen LogP contribution in [0.5, 0.6) is 0 Å². The average molecular weight is 104 g/mol. The lowest BCUT2D eigenvalue weighted by atomic mass is 10.4. The van der Waals surface area contributed by atoms with Crippen LogP contribution in [0.15, 0.2) is 5.18 Å². The van der Waals surface area contributed by atoms with Crippen molar-refractivity contribution in [2.75, 3.05) is 6.54 Å². The SMILES string of the molecule is NC(O)CCN=O. The second kappa shape index (κ2) is 3.70. The highest BCUT2D eigenvalue weighted by Gasteiger charge is 1.91. The molecule has 0 aliphatic rings. The first-order valence-corrected chi connectivity index (χ1v) is 2.00. The quantitative estimate of drug-likeness (QED) is 0.371. The van der Waals surface area contributed by atoms with Crippen LogP contribution in [0.1, 0.15) is 6.42 Å². The van der Waals surface area contributed by atoms with Crippen molar-refractivity contribution >= 4 is 0 Å². The molecule has 0 spiro atoms. The van der Waals surface area contributed by atoms with Gasteiger partial charge in [-0.05, 0) is 0 Å². The lowest BCUT2D eigenvalue weighted by Crippen LogP contribution is -2.19. The predicted molar refractivity (Wildman–Crippen MR) is 25.5 cm³/mol. The third-order valence-corrected chi connectivity index (χ3v) is 0.516. The Morgan fingerprint density at radius 2 is 2.43 bits per heavy atom. The summed E-state index contributed by atoms with van der Waals surface area (Å²) in [7, 11) is 0. The van der Waals surface area contributed by atoms with E-state index in [1.54, 1.807) is 0 Å². The third-order valence-electron chi connectivity index (χ3n) is 0.516. The first-order chi connectivity index (χ1) is 3.27. The summed E-state index contributed by atoms with van der Waals surface area (Å²) in [5.74, 6) is 0. The maximum absolute atomic E-state index is 9.29. The zero-order chi connectivity index (χ0) is 5.70. The van der Waals surface area contributed by atoms with Crippen LogP contribution in [0.3, 0.4) is 0 Å². The highest BCUT2D eigenvalue weighted by molar-refractivity contribution is 4.46. The Morgan fingerprint density at radius 3 is 2.57 bits per heavy atom. The van der Waals surface area contributed by atoms with Gasteiger partial charge in [-0.2, -0.15) is 4.91 Å². The zero-order valence-corrected chi connectivity index (χ0v) is 3.87. The van der Waals surface area contributed by atoms with Crippen LogP contribution in [0.25, 0.3) is 0 Å². The topological polar surface area (TPSA) is 75.7 Å². The number of nitrogens with zero attached hydrogens (tertiary/aromatic N) is 1. The lowest BCUT2D eigenvalue weighted by molar-refractivity contribution is 0.175.